The fourth-order valence-corrected chi connectivity index (χ4v) is 8.23. The van der Waals surface area contributed by atoms with Gasteiger partial charge in [-0.15, -0.1) is 0 Å². The van der Waals surface area contributed by atoms with Gasteiger partial charge in [0.1, 0.15) is 9.32 Å². The lowest BCUT2D eigenvalue weighted by atomic mass is 9.90. The third kappa shape index (κ3) is 4.92. The fraction of sp³-hybridized carbons (Fsp3) is 0.0909. The first kappa shape index (κ1) is 29.4. The molecule has 0 unspecified atom stereocenters. The number of halogens is 8. The first-order chi connectivity index (χ1) is 16.9. The van der Waals surface area contributed by atoms with Crippen LogP contribution in [0, 0.1) is 14.3 Å². The molecule has 0 fully saturated rings. The van der Waals surface area contributed by atoms with Crippen molar-refractivity contribution >= 4 is 154 Å². The maximum Gasteiger partial charge on any atom is 0.253 e. The van der Waals surface area contributed by atoms with Crippen molar-refractivity contribution in [3.05, 3.63) is 62.3 Å². The van der Waals surface area contributed by atoms with Crippen molar-refractivity contribution in [2.75, 3.05) is 13.1 Å². The van der Waals surface area contributed by atoms with Crippen LogP contribution in [0.15, 0.2) is 21.3 Å². The van der Waals surface area contributed by atoms with E-state index in [0.717, 1.165) is 0 Å². The highest BCUT2D eigenvalue weighted by Crippen LogP contribution is 2.52. The van der Waals surface area contributed by atoms with Crippen LogP contribution < -0.4 is 16.5 Å². The molecule has 0 saturated heterocycles. The predicted octanol–water partition coefficient (Wildman–Crippen LogP) is 7.99. The molecule has 14 heteroatoms. The van der Waals surface area contributed by atoms with Crippen molar-refractivity contribution < 1.29 is 14.3 Å². The summed E-state index contributed by atoms with van der Waals surface area (Å²) >= 11 is 34.0. The van der Waals surface area contributed by atoms with E-state index >= 15 is 0 Å². The SMILES string of the molecule is NCCNC(=O)c1c(Cl)c(Cl)c(Cl)c(Cl)c1-c1c2cc(I)c(=O)c(I)c-2oc2c(I)c(O)c(I)cc12. The number of rotatable bonds is 4. The summed E-state index contributed by atoms with van der Waals surface area (Å²) in [5.74, 6) is -0.288. The van der Waals surface area contributed by atoms with Crippen LogP contribution in [-0.4, -0.2) is 24.1 Å². The van der Waals surface area contributed by atoms with Crippen LogP contribution in [0.4, 0.5) is 0 Å². The van der Waals surface area contributed by atoms with Gasteiger partial charge in [0.2, 0.25) is 5.43 Å². The Morgan fingerprint density at radius 3 is 2.22 bits per heavy atom. The molecular formula is C22H10Cl4I4N2O4. The van der Waals surface area contributed by atoms with E-state index in [1.165, 1.54) is 0 Å². The minimum Gasteiger partial charge on any atom is -0.506 e. The molecule has 0 bridgehead atoms. The number of amides is 1. The number of benzene rings is 3. The lowest BCUT2D eigenvalue weighted by molar-refractivity contribution is 0.0955. The molecule has 1 amide bonds. The molecular weight excluding hydrogens is 1010 g/mol. The van der Waals surface area contributed by atoms with Crippen molar-refractivity contribution in [3.63, 3.8) is 0 Å². The first-order valence-corrected chi connectivity index (χ1v) is 15.5. The Morgan fingerprint density at radius 1 is 0.944 bits per heavy atom. The third-order valence-electron chi connectivity index (χ3n) is 5.20. The molecule has 4 rings (SSSR count). The number of nitrogens with two attached hydrogens (primary N) is 1. The van der Waals surface area contributed by atoms with E-state index in [1.54, 1.807) is 12.1 Å². The number of nitrogens with one attached hydrogen (secondary N) is 1. The summed E-state index contributed by atoms with van der Waals surface area (Å²) in [6.07, 6.45) is 0. The molecule has 0 spiro atoms. The van der Waals surface area contributed by atoms with Crippen molar-refractivity contribution in [1.29, 1.82) is 0 Å². The molecule has 0 atom stereocenters. The Balaban J connectivity index is 2.34. The minimum absolute atomic E-state index is 0.00683. The van der Waals surface area contributed by atoms with Crippen LogP contribution in [0.2, 0.25) is 20.1 Å². The van der Waals surface area contributed by atoms with Gasteiger partial charge in [0.25, 0.3) is 5.91 Å². The van der Waals surface area contributed by atoms with Gasteiger partial charge >= 0.3 is 0 Å². The smallest absolute Gasteiger partial charge is 0.253 e. The molecule has 0 saturated carbocycles. The Kier molecular flexibility index (Phi) is 9.41. The number of aromatic hydroxyl groups is 1. The second-order valence-electron chi connectivity index (χ2n) is 7.30. The second-order valence-corrected chi connectivity index (χ2v) is 13.3. The number of carbonyl (C=O) groups is 1. The molecule has 4 N–H and O–H groups in total. The molecule has 1 heterocycles. The first-order valence-electron chi connectivity index (χ1n) is 9.72. The lowest BCUT2D eigenvalue weighted by Gasteiger charge is -2.22. The number of carbonyl (C=O) groups excluding carboxylic acids is 1. The van der Waals surface area contributed by atoms with Crippen LogP contribution >= 0.6 is 137 Å². The quantitative estimate of drug-likeness (QED) is 0.0833. The summed E-state index contributed by atoms with van der Waals surface area (Å²) < 4.78 is 7.89. The van der Waals surface area contributed by atoms with Gasteiger partial charge in [-0.3, -0.25) is 9.59 Å². The molecule has 188 valence electrons. The normalized spacial score (nSPS) is 11.5. The molecule has 2 aromatic carbocycles. The summed E-state index contributed by atoms with van der Waals surface area (Å²) in [6.45, 7) is 0.374. The lowest BCUT2D eigenvalue weighted by Crippen LogP contribution is -2.29. The topological polar surface area (TPSA) is 106 Å². The average molecular weight is 1020 g/mol. The van der Waals surface area contributed by atoms with Gasteiger partial charge in [0.15, 0.2) is 11.3 Å². The van der Waals surface area contributed by atoms with Gasteiger partial charge in [-0.1, -0.05) is 46.4 Å². The molecule has 2 aliphatic rings. The van der Waals surface area contributed by atoms with E-state index in [1.807, 2.05) is 90.4 Å². The molecule has 1 aliphatic heterocycles. The van der Waals surface area contributed by atoms with Gasteiger partial charge in [-0.05, 0) is 102 Å². The van der Waals surface area contributed by atoms with E-state index in [4.69, 9.17) is 56.6 Å². The molecule has 0 radical (unpaired) electrons. The standard InChI is InChI=1S/C22H10Cl4I4N2O4/c23-12-10(11(22(35)32-2-1-31)13(24)15(26)14(12)25)9-5-3-7(27)18(33)16(29)20(5)36-21-6(9)4-8(28)19(34)17(21)30/h3-4,33H,1-2,31H2,(H,32,35). The highest BCUT2D eigenvalue weighted by Gasteiger charge is 2.32. The van der Waals surface area contributed by atoms with E-state index < -0.39 is 5.91 Å². The van der Waals surface area contributed by atoms with E-state index in [9.17, 15) is 14.7 Å². The van der Waals surface area contributed by atoms with Gasteiger partial charge < -0.3 is 20.6 Å². The zero-order chi connectivity index (χ0) is 26.6. The maximum absolute atomic E-state index is 13.4. The maximum atomic E-state index is 13.4. The van der Waals surface area contributed by atoms with Crippen molar-refractivity contribution in [2.45, 2.75) is 0 Å². The predicted molar refractivity (Wildman–Crippen MR) is 179 cm³/mol. The minimum atomic E-state index is -0.559. The summed E-state index contributed by atoms with van der Waals surface area (Å²) in [5.41, 5.74) is 6.80. The van der Waals surface area contributed by atoms with Crippen LogP contribution in [0.3, 0.4) is 0 Å². The largest absolute Gasteiger partial charge is 0.506 e. The van der Waals surface area contributed by atoms with E-state index in [-0.39, 0.29) is 61.2 Å². The molecule has 1 aliphatic carbocycles. The zero-order valence-electron chi connectivity index (χ0n) is 17.3. The van der Waals surface area contributed by atoms with E-state index in [0.29, 0.717) is 36.4 Å². The van der Waals surface area contributed by atoms with Crippen molar-refractivity contribution in [3.8, 4) is 28.2 Å². The van der Waals surface area contributed by atoms with Gasteiger partial charge in [0, 0.05) is 35.2 Å². The van der Waals surface area contributed by atoms with Crippen LogP contribution in [0.1, 0.15) is 10.4 Å². The molecule has 6 nitrogen and oxygen atoms in total. The van der Waals surface area contributed by atoms with Crippen LogP contribution in [0.25, 0.3) is 33.4 Å². The summed E-state index contributed by atoms with van der Waals surface area (Å²) in [4.78, 5) is 26.1. The summed E-state index contributed by atoms with van der Waals surface area (Å²) in [6, 6.07) is 3.35. The highest BCUT2D eigenvalue weighted by molar-refractivity contribution is 14.1. The summed E-state index contributed by atoms with van der Waals surface area (Å²) in [7, 11) is 0. The number of fused-ring (bicyclic) bond motifs is 2. The van der Waals surface area contributed by atoms with Crippen molar-refractivity contribution in [2.24, 2.45) is 5.73 Å². The Labute approximate surface area is 278 Å². The highest BCUT2D eigenvalue weighted by atomic mass is 127. The van der Waals surface area contributed by atoms with Crippen molar-refractivity contribution in [1.82, 2.24) is 5.32 Å². The van der Waals surface area contributed by atoms with Gasteiger partial charge in [0.05, 0.1) is 36.4 Å². The summed E-state index contributed by atoms with van der Waals surface area (Å²) in [5, 5.41) is 13.6. The average Bonchev–Trinajstić information content (AvgIpc) is 2.85. The number of phenolic OH excluding ortho intramolecular Hbond substituents is 1. The van der Waals surface area contributed by atoms with Gasteiger partial charge in [-0.2, -0.15) is 0 Å². The monoisotopic (exact) mass is 1010 g/mol. The fourth-order valence-electron chi connectivity index (χ4n) is 3.62. The molecule has 2 aromatic rings. The number of hydrogen-bond acceptors (Lipinski definition) is 5. The number of hydrogen-bond donors (Lipinski definition) is 3. The Bertz CT molecular complexity index is 1630. The zero-order valence-corrected chi connectivity index (χ0v) is 29.0. The third-order valence-corrected chi connectivity index (χ3v) is 10.6. The Hall–Kier alpha value is 0.440. The second kappa shape index (κ2) is 11.5. The van der Waals surface area contributed by atoms with Gasteiger partial charge in [-0.25, -0.2) is 0 Å². The van der Waals surface area contributed by atoms with Crippen LogP contribution in [0.5, 0.6) is 5.75 Å². The molecule has 0 aromatic heterocycles. The Morgan fingerprint density at radius 2 is 1.58 bits per heavy atom. The van der Waals surface area contributed by atoms with E-state index in [2.05, 4.69) is 5.32 Å². The molecule has 36 heavy (non-hydrogen) atoms. The van der Waals surface area contributed by atoms with Crippen LogP contribution in [-0.2, 0) is 0 Å². The number of phenols is 1.